The van der Waals surface area contributed by atoms with E-state index in [4.69, 9.17) is 16.0 Å². The van der Waals surface area contributed by atoms with Gasteiger partial charge < -0.3 is 9.73 Å². The molecule has 0 spiro atoms. The Morgan fingerprint density at radius 2 is 2.31 bits per heavy atom. The minimum absolute atomic E-state index is 0.447. The first-order chi connectivity index (χ1) is 7.65. The van der Waals surface area contributed by atoms with Crippen LogP contribution in [-0.2, 0) is 6.42 Å². The van der Waals surface area contributed by atoms with E-state index in [1.54, 1.807) is 12.1 Å². The van der Waals surface area contributed by atoms with Crippen LogP contribution in [0.1, 0.15) is 5.56 Å². The number of oxazole rings is 1. The van der Waals surface area contributed by atoms with E-state index in [1.807, 2.05) is 6.07 Å². The highest BCUT2D eigenvalue weighted by atomic mass is 35.5. The van der Waals surface area contributed by atoms with Gasteiger partial charge >= 0.3 is 11.1 Å². The van der Waals surface area contributed by atoms with Gasteiger partial charge in [0.05, 0.1) is 5.52 Å². The minimum atomic E-state index is -0.575. The summed E-state index contributed by atoms with van der Waals surface area (Å²) in [5, 5.41) is 1.90. The highest BCUT2D eigenvalue weighted by molar-refractivity contribution is 6.62. The Morgan fingerprint density at radius 3 is 3.06 bits per heavy atom. The number of nitrogens with one attached hydrogen (secondary N) is 2. The van der Waals surface area contributed by atoms with Crippen LogP contribution in [0.15, 0.2) is 27.4 Å². The molecule has 84 valence electrons. The number of rotatable bonds is 3. The van der Waals surface area contributed by atoms with Crippen molar-refractivity contribution >= 4 is 28.1 Å². The Bertz CT molecular complexity index is 573. The summed E-state index contributed by atoms with van der Waals surface area (Å²) in [6, 6.07) is 5.37. The Balaban J connectivity index is 2.13. The number of hydrogen-bond donors (Lipinski definition) is 2. The first-order valence-corrected chi connectivity index (χ1v) is 5.08. The lowest BCUT2D eigenvalue weighted by Crippen LogP contribution is -2.19. The number of aromatic amines is 1. The molecule has 6 heteroatoms. The number of H-pyrrole nitrogens is 1. The molecule has 0 aliphatic heterocycles. The first-order valence-electron chi connectivity index (χ1n) is 4.70. The van der Waals surface area contributed by atoms with Gasteiger partial charge in [0.15, 0.2) is 5.58 Å². The van der Waals surface area contributed by atoms with Crippen LogP contribution < -0.4 is 11.1 Å². The maximum Gasteiger partial charge on any atom is 0.417 e. The summed E-state index contributed by atoms with van der Waals surface area (Å²) < 4.78 is 4.91. The van der Waals surface area contributed by atoms with Gasteiger partial charge in [-0.15, -0.1) is 0 Å². The number of carbonyl (C=O) groups is 1. The highest BCUT2D eigenvalue weighted by Crippen LogP contribution is 2.12. The molecule has 0 fully saturated rings. The molecule has 1 aromatic carbocycles. The normalized spacial score (nSPS) is 10.6. The molecule has 0 bridgehead atoms. The summed E-state index contributed by atoms with van der Waals surface area (Å²) in [5.41, 5.74) is 2.13. The van der Waals surface area contributed by atoms with Crippen molar-refractivity contribution in [1.29, 1.82) is 0 Å². The number of hydrogen-bond acceptors (Lipinski definition) is 3. The van der Waals surface area contributed by atoms with Crippen molar-refractivity contribution in [2.24, 2.45) is 0 Å². The predicted octanol–water partition coefficient (Wildman–Crippen LogP) is 1.61. The molecule has 2 aromatic rings. The zero-order valence-electron chi connectivity index (χ0n) is 8.25. The van der Waals surface area contributed by atoms with Crippen LogP contribution in [0.25, 0.3) is 11.1 Å². The molecule has 2 N–H and O–H groups in total. The molecule has 0 saturated carbocycles. The zero-order chi connectivity index (χ0) is 11.5. The molecule has 1 heterocycles. The number of carbonyl (C=O) groups excluding carboxylic acids is 1. The third-order valence-corrected chi connectivity index (χ3v) is 2.30. The smallest absolute Gasteiger partial charge is 0.408 e. The van der Waals surface area contributed by atoms with Crippen molar-refractivity contribution in [2.75, 3.05) is 6.54 Å². The Morgan fingerprint density at radius 1 is 1.50 bits per heavy atom. The van der Waals surface area contributed by atoms with Crippen molar-refractivity contribution < 1.29 is 9.21 Å². The van der Waals surface area contributed by atoms with Crippen molar-refractivity contribution in [1.82, 2.24) is 10.3 Å². The summed E-state index contributed by atoms with van der Waals surface area (Å²) >= 11 is 5.13. The lowest BCUT2D eigenvalue weighted by atomic mass is 10.1. The minimum Gasteiger partial charge on any atom is -0.408 e. The van der Waals surface area contributed by atoms with E-state index in [1.165, 1.54) is 0 Å². The number of amides is 1. The molecule has 1 amide bonds. The molecule has 0 aliphatic rings. The van der Waals surface area contributed by atoms with E-state index in [9.17, 15) is 9.59 Å². The summed E-state index contributed by atoms with van der Waals surface area (Å²) in [7, 11) is 0. The zero-order valence-corrected chi connectivity index (χ0v) is 9.00. The van der Waals surface area contributed by atoms with Crippen LogP contribution >= 0.6 is 11.6 Å². The van der Waals surface area contributed by atoms with E-state index >= 15 is 0 Å². The second kappa shape index (κ2) is 4.40. The maximum atomic E-state index is 10.9. The third-order valence-electron chi connectivity index (χ3n) is 2.16. The third kappa shape index (κ3) is 2.43. The molecular weight excluding hydrogens is 232 g/mol. The summed E-state index contributed by atoms with van der Waals surface area (Å²) in [5.74, 6) is -0.471. The van der Waals surface area contributed by atoms with Crippen molar-refractivity contribution in [3.05, 3.63) is 34.3 Å². The molecule has 5 nitrogen and oxygen atoms in total. The van der Waals surface area contributed by atoms with Gasteiger partial charge in [0.2, 0.25) is 0 Å². The van der Waals surface area contributed by atoms with E-state index in [2.05, 4.69) is 10.3 Å². The Kier molecular flexibility index (Phi) is 2.96. The van der Waals surface area contributed by atoms with Gasteiger partial charge in [0.25, 0.3) is 0 Å². The molecule has 0 atom stereocenters. The van der Waals surface area contributed by atoms with E-state index in [0.717, 1.165) is 5.56 Å². The van der Waals surface area contributed by atoms with Crippen LogP contribution in [0, 0.1) is 0 Å². The predicted molar refractivity (Wildman–Crippen MR) is 59.8 cm³/mol. The van der Waals surface area contributed by atoms with Gasteiger partial charge in [0, 0.05) is 6.54 Å². The topological polar surface area (TPSA) is 75.1 Å². The second-order valence-electron chi connectivity index (χ2n) is 3.30. The first kappa shape index (κ1) is 10.8. The monoisotopic (exact) mass is 240 g/mol. The summed E-state index contributed by atoms with van der Waals surface area (Å²) in [4.78, 5) is 23.9. The summed E-state index contributed by atoms with van der Waals surface area (Å²) in [6.07, 6.45) is 0.628. The van der Waals surface area contributed by atoms with Crippen molar-refractivity contribution in [3.8, 4) is 0 Å². The van der Waals surface area contributed by atoms with Gasteiger partial charge in [-0.3, -0.25) is 9.78 Å². The molecule has 0 aliphatic carbocycles. The average molecular weight is 241 g/mol. The van der Waals surface area contributed by atoms with Gasteiger partial charge in [-0.25, -0.2) is 4.79 Å². The molecule has 0 saturated heterocycles. The van der Waals surface area contributed by atoms with Crippen molar-refractivity contribution in [3.63, 3.8) is 0 Å². The van der Waals surface area contributed by atoms with Crippen LogP contribution in [0.3, 0.4) is 0 Å². The van der Waals surface area contributed by atoms with Gasteiger partial charge in [-0.05, 0) is 35.7 Å². The number of fused-ring (bicyclic) bond motifs is 1. The molecule has 0 radical (unpaired) electrons. The summed E-state index contributed by atoms with van der Waals surface area (Å²) in [6.45, 7) is 0.447. The van der Waals surface area contributed by atoms with E-state index in [0.29, 0.717) is 24.1 Å². The Hall–Kier alpha value is -1.75. The molecular formula is C10H9ClN2O3. The maximum absolute atomic E-state index is 10.9. The molecule has 16 heavy (non-hydrogen) atoms. The van der Waals surface area contributed by atoms with E-state index in [-0.39, 0.29) is 0 Å². The fraction of sp³-hybridized carbons (Fsp3) is 0.200. The SMILES string of the molecule is O=C(Cl)NCCc1ccc2[nH]c(=O)oc2c1. The number of halogens is 1. The van der Waals surface area contributed by atoms with E-state index < -0.39 is 11.1 Å². The van der Waals surface area contributed by atoms with Crippen LogP contribution in [0.4, 0.5) is 4.79 Å². The fourth-order valence-electron chi connectivity index (χ4n) is 1.45. The lowest BCUT2D eigenvalue weighted by Gasteiger charge is -2.00. The van der Waals surface area contributed by atoms with Gasteiger partial charge in [-0.1, -0.05) is 6.07 Å². The average Bonchev–Trinajstić information content (AvgIpc) is 2.56. The van der Waals surface area contributed by atoms with Gasteiger partial charge in [-0.2, -0.15) is 0 Å². The molecule has 0 unspecified atom stereocenters. The molecule has 2 rings (SSSR count). The van der Waals surface area contributed by atoms with Crippen LogP contribution in [-0.4, -0.2) is 16.9 Å². The molecule has 1 aromatic heterocycles. The quantitative estimate of drug-likeness (QED) is 0.632. The van der Waals surface area contributed by atoms with Crippen molar-refractivity contribution in [2.45, 2.75) is 6.42 Å². The number of aromatic nitrogens is 1. The lowest BCUT2D eigenvalue weighted by molar-refractivity contribution is 0.260. The van der Waals surface area contributed by atoms with Crippen LogP contribution in [0.5, 0.6) is 0 Å². The highest BCUT2D eigenvalue weighted by Gasteiger charge is 2.02. The largest absolute Gasteiger partial charge is 0.417 e. The Labute approximate surface area is 95.4 Å². The van der Waals surface area contributed by atoms with Gasteiger partial charge in [0.1, 0.15) is 0 Å². The second-order valence-corrected chi connectivity index (χ2v) is 3.64. The standard InChI is InChI=1S/C10H9ClN2O3/c11-9(14)12-4-3-6-1-2-7-8(5-6)16-10(15)13-7/h1-2,5H,3-4H2,(H,12,14)(H,13,15). The fourth-order valence-corrected chi connectivity index (χ4v) is 1.54. The van der Waals surface area contributed by atoms with Crippen LogP contribution in [0.2, 0.25) is 0 Å². The number of benzene rings is 1.